The molecule has 0 aromatic carbocycles. The standard InChI is InChI=1S/C7H12N2O2S/c1-4(2)5(6(10)12)9-7(11)8-3/h4H,1-3H3,(H,8,11)(H,10,12). The summed E-state index contributed by atoms with van der Waals surface area (Å²) < 4.78 is 0. The van der Waals surface area contributed by atoms with Crippen molar-refractivity contribution in [3.8, 4) is 0 Å². The van der Waals surface area contributed by atoms with Crippen LogP contribution in [0.3, 0.4) is 0 Å². The maximum absolute atomic E-state index is 10.8. The first kappa shape index (κ1) is 11.2. The molecule has 0 radical (unpaired) electrons. The van der Waals surface area contributed by atoms with Crippen LogP contribution in [0.15, 0.2) is 4.99 Å². The highest BCUT2D eigenvalue weighted by atomic mass is 32.1. The van der Waals surface area contributed by atoms with Gasteiger partial charge in [0.25, 0.3) is 0 Å². The van der Waals surface area contributed by atoms with Gasteiger partial charge in [0, 0.05) is 13.0 Å². The van der Waals surface area contributed by atoms with E-state index in [2.05, 4.69) is 22.9 Å². The van der Waals surface area contributed by atoms with Gasteiger partial charge in [-0.05, 0) is 0 Å². The van der Waals surface area contributed by atoms with E-state index in [9.17, 15) is 9.59 Å². The lowest BCUT2D eigenvalue weighted by molar-refractivity contribution is -0.105. The Morgan fingerprint density at radius 1 is 1.42 bits per heavy atom. The summed E-state index contributed by atoms with van der Waals surface area (Å²) in [6.45, 7) is 3.55. The zero-order valence-corrected chi connectivity index (χ0v) is 8.18. The van der Waals surface area contributed by atoms with Gasteiger partial charge in [-0.25, -0.2) is 4.79 Å². The predicted octanol–water partition coefficient (Wildman–Crippen LogP) is 0.879. The molecular weight excluding hydrogens is 176 g/mol. The molecule has 0 aromatic rings. The number of rotatable bonds is 2. The third-order valence-electron chi connectivity index (χ3n) is 1.20. The maximum Gasteiger partial charge on any atom is 0.341 e. The second-order valence-electron chi connectivity index (χ2n) is 2.51. The molecule has 0 spiro atoms. The van der Waals surface area contributed by atoms with Crippen molar-refractivity contribution in [2.75, 3.05) is 7.05 Å². The summed E-state index contributed by atoms with van der Waals surface area (Å²) in [5.41, 5.74) is 0.178. The van der Waals surface area contributed by atoms with Gasteiger partial charge in [-0.3, -0.25) is 4.79 Å². The number of urea groups is 1. The molecule has 0 atom stereocenters. The van der Waals surface area contributed by atoms with Crippen LogP contribution in [0.4, 0.5) is 4.79 Å². The summed E-state index contributed by atoms with van der Waals surface area (Å²) in [7, 11) is 1.45. The van der Waals surface area contributed by atoms with Crippen LogP contribution in [0.1, 0.15) is 13.8 Å². The first-order valence-corrected chi connectivity index (χ1v) is 3.97. The van der Waals surface area contributed by atoms with Crippen molar-refractivity contribution in [2.45, 2.75) is 13.8 Å². The second kappa shape index (κ2) is 4.92. The van der Waals surface area contributed by atoms with E-state index in [0.29, 0.717) is 0 Å². The average Bonchev–Trinajstić information content (AvgIpc) is 1.98. The van der Waals surface area contributed by atoms with Crippen molar-refractivity contribution in [1.82, 2.24) is 5.32 Å². The van der Waals surface area contributed by atoms with Crippen LogP contribution in [0, 0.1) is 5.92 Å². The van der Waals surface area contributed by atoms with Gasteiger partial charge >= 0.3 is 6.03 Å². The molecule has 68 valence electrons. The van der Waals surface area contributed by atoms with Crippen molar-refractivity contribution in [3.05, 3.63) is 0 Å². The molecule has 0 bridgehead atoms. The Labute approximate surface area is 76.9 Å². The highest BCUT2D eigenvalue weighted by Crippen LogP contribution is 2.01. The van der Waals surface area contributed by atoms with Gasteiger partial charge in [0.2, 0.25) is 5.12 Å². The number of aliphatic imine (C=N–C) groups is 1. The van der Waals surface area contributed by atoms with Gasteiger partial charge in [0.1, 0.15) is 5.71 Å². The summed E-state index contributed by atoms with van der Waals surface area (Å²) in [4.78, 5) is 25.1. The van der Waals surface area contributed by atoms with Crippen LogP contribution >= 0.6 is 12.6 Å². The van der Waals surface area contributed by atoms with Crippen molar-refractivity contribution >= 4 is 29.5 Å². The summed E-state index contributed by atoms with van der Waals surface area (Å²) in [5, 5.41) is 1.83. The van der Waals surface area contributed by atoms with Crippen LogP contribution < -0.4 is 5.32 Å². The first-order chi connectivity index (χ1) is 5.49. The van der Waals surface area contributed by atoms with E-state index in [1.54, 1.807) is 13.8 Å². The molecule has 0 rings (SSSR count). The normalized spacial score (nSPS) is 11.6. The fraction of sp³-hybridized carbons (Fsp3) is 0.571. The number of hydrogen-bond donors (Lipinski definition) is 2. The van der Waals surface area contributed by atoms with E-state index < -0.39 is 11.1 Å². The molecule has 0 aliphatic rings. The summed E-state index contributed by atoms with van der Waals surface area (Å²) in [6.07, 6.45) is 0. The Bertz CT molecular complexity index is 223. The molecule has 0 aromatic heterocycles. The van der Waals surface area contributed by atoms with Crippen molar-refractivity contribution < 1.29 is 9.59 Å². The van der Waals surface area contributed by atoms with Crippen LogP contribution in [0.5, 0.6) is 0 Å². The number of thiol groups is 1. The number of carbonyl (C=O) groups is 2. The predicted molar refractivity (Wildman–Crippen MR) is 50.7 cm³/mol. The molecule has 1 N–H and O–H groups in total. The van der Waals surface area contributed by atoms with E-state index in [1.165, 1.54) is 7.05 Å². The molecule has 5 heteroatoms. The van der Waals surface area contributed by atoms with Crippen molar-refractivity contribution in [1.29, 1.82) is 0 Å². The van der Waals surface area contributed by atoms with E-state index in [-0.39, 0.29) is 11.6 Å². The third kappa shape index (κ3) is 3.52. The molecule has 0 heterocycles. The van der Waals surface area contributed by atoms with Gasteiger partial charge in [0.05, 0.1) is 0 Å². The number of carbonyl (C=O) groups excluding carboxylic acids is 2. The van der Waals surface area contributed by atoms with Gasteiger partial charge in [-0.2, -0.15) is 4.99 Å². The molecule has 0 saturated carbocycles. The topological polar surface area (TPSA) is 58.5 Å². The number of nitrogens with one attached hydrogen (secondary N) is 1. The average molecular weight is 188 g/mol. The zero-order chi connectivity index (χ0) is 9.72. The van der Waals surface area contributed by atoms with Crippen LogP contribution in [-0.4, -0.2) is 23.9 Å². The summed E-state index contributed by atoms with van der Waals surface area (Å²) in [5.74, 6) is -0.0905. The van der Waals surface area contributed by atoms with Crippen LogP contribution in [0.25, 0.3) is 0 Å². The largest absolute Gasteiger partial charge is 0.341 e. The third-order valence-corrected chi connectivity index (χ3v) is 1.43. The van der Waals surface area contributed by atoms with E-state index in [4.69, 9.17) is 0 Å². The second-order valence-corrected chi connectivity index (χ2v) is 2.92. The molecule has 0 aliphatic heterocycles. The highest BCUT2D eigenvalue weighted by Gasteiger charge is 2.12. The van der Waals surface area contributed by atoms with E-state index in [0.717, 1.165) is 0 Å². The highest BCUT2D eigenvalue weighted by molar-refractivity contribution is 7.98. The number of nitrogens with zero attached hydrogens (tertiary/aromatic N) is 1. The fourth-order valence-corrected chi connectivity index (χ4v) is 0.897. The smallest absolute Gasteiger partial charge is 0.339 e. The van der Waals surface area contributed by atoms with E-state index >= 15 is 0 Å². The molecule has 2 amide bonds. The van der Waals surface area contributed by atoms with Crippen LogP contribution in [0.2, 0.25) is 0 Å². The maximum atomic E-state index is 10.8. The Morgan fingerprint density at radius 3 is 2.17 bits per heavy atom. The lowest BCUT2D eigenvalue weighted by Gasteiger charge is -2.03. The number of amides is 2. The SMILES string of the molecule is CNC(=O)N=C(C(=O)S)C(C)C. The molecule has 0 aliphatic carbocycles. The Morgan fingerprint density at radius 2 is 1.92 bits per heavy atom. The lowest BCUT2D eigenvalue weighted by atomic mass is 10.1. The quantitative estimate of drug-likeness (QED) is 0.499. The Hall–Kier alpha value is -0.840. The molecule has 12 heavy (non-hydrogen) atoms. The monoisotopic (exact) mass is 188 g/mol. The minimum Gasteiger partial charge on any atom is -0.339 e. The molecular formula is C7H12N2O2S. The number of hydrogen-bond acceptors (Lipinski definition) is 2. The zero-order valence-electron chi connectivity index (χ0n) is 7.29. The minimum absolute atomic E-state index is 0.0905. The molecule has 0 unspecified atom stereocenters. The molecule has 0 fully saturated rings. The van der Waals surface area contributed by atoms with Crippen LogP contribution in [-0.2, 0) is 4.79 Å². The fourth-order valence-electron chi connectivity index (χ4n) is 0.589. The van der Waals surface area contributed by atoms with Crippen molar-refractivity contribution in [2.24, 2.45) is 10.9 Å². The minimum atomic E-state index is -0.527. The molecule has 0 saturated heterocycles. The summed E-state index contributed by atoms with van der Waals surface area (Å²) in [6, 6.07) is -0.527. The van der Waals surface area contributed by atoms with Gasteiger partial charge in [0.15, 0.2) is 0 Å². The molecule has 4 nitrogen and oxygen atoms in total. The van der Waals surface area contributed by atoms with Crippen molar-refractivity contribution in [3.63, 3.8) is 0 Å². The van der Waals surface area contributed by atoms with Gasteiger partial charge in [-0.15, -0.1) is 0 Å². The first-order valence-electron chi connectivity index (χ1n) is 3.52. The Kier molecular flexibility index (Phi) is 4.58. The lowest BCUT2D eigenvalue weighted by Crippen LogP contribution is -2.21. The van der Waals surface area contributed by atoms with E-state index in [1.807, 2.05) is 0 Å². The summed E-state index contributed by atoms with van der Waals surface area (Å²) >= 11 is 3.60. The Balaban J connectivity index is 4.61. The van der Waals surface area contributed by atoms with Gasteiger partial charge in [-0.1, -0.05) is 26.5 Å². The van der Waals surface area contributed by atoms with Gasteiger partial charge < -0.3 is 5.32 Å².